The third-order valence-electron chi connectivity index (χ3n) is 4.74. The van der Waals surface area contributed by atoms with Gasteiger partial charge in [0.1, 0.15) is 12.4 Å². The largest absolute Gasteiger partial charge is 0.490 e. The van der Waals surface area contributed by atoms with E-state index in [9.17, 15) is 4.39 Å². The Bertz CT molecular complexity index is 722. The summed E-state index contributed by atoms with van der Waals surface area (Å²) < 4.78 is 25.8. The van der Waals surface area contributed by atoms with E-state index in [4.69, 9.17) is 9.47 Å². The van der Waals surface area contributed by atoms with Gasteiger partial charge >= 0.3 is 0 Å². The van der Waals surface area contributed by atoms with Crippen LogP contribution in [0.3, 0.4) is 0 Å². The Labute approximate surface area is 183 Å². The molecule has 2 rings (SSSR count). The van der Waals surface area contributed by atoms with Gasteiger partial charge in [0.25, 0.3) is 0 Å². The zero-order valence-electron chi connectivity index (χ0n) is 17.6. The highest BCUT2D eigenvalue weighted by molar-refractivity contribution is 9.10. The molecule has 0 spiro atoms. The molecule has 3 nitrogen and oxygen atoms in total. The van der Waals surface area contributed by atoms with E-state index in [0.717, 1.165) is 34.4 Å². The first kappa shape index (κ1) is 23.7. The van der Waals surface area contributed by atoms with Gasteiger partial charge < -0.3 is 14.8 Å². The van der Waals surface area contributed by atoms with Crippen LogP contribution >= 0.6 is 15.9 Å². The minimum Gasteiger partial charge on any atom is -0.490 e. The molecular formula is C24H33BrFNO2. The van der Waals surface area contributed by atoms with Crippen molar-refractivity contribution in [3.05, 3.63) is 57.8 Å². The van der Waals surface area contributed by atoms with Gasteiger partial charge in [-0.15, -0.1) is 0 Å². The van der Waals surface area contributed by atoms with Crippen LogP contribution in [0.5, 0.6) is 11.5 Å². The number of hydrogen-bond acceptors (Lipinski definition) is 3. The van der Waals surface area contributed by atoms with Gasteiger partial charge in [-0.1, -0.05) is 67.1 Å². The average Bonchev–Trinajstić information content (AvgIpc) is 2.72. The lowest BCUT2D eigenvalue weighted by molar-refractivity contribution is 0.268. The normalized spacial score (nSPS) is 10.9. The molecule has 0 saturated carbocycles. The second kappa shape index (κ2) is 13.6. The SMILES string of the molecule is CCCCCCCCNCc1cc(OCC)c(OCc2ccc(F)cc2)cc1Br. The van der Waals surface area contributed by atoms with Crippen molar-refractivity contribution in [2.24, 2.45) is 0 Å². The van der Waals surface area contributed by atoms with E-state index in [-0.39, 0.29) is 5.82 Å². The van der Waals surface area contributed by atoms with E-state index in [0.29, 0.717) is 19.0 Å². The Hall–Kier alpha value is -1.59. The minimum atomic E-state index is -0.246. The summed E-state index contributed by atoms with van der Waals surface area (Å²) in [7, 11) is 0. The molecule has 29 heavy (non-hydrogen) atoms. The average molecular weight is 466 g/mol. The smallest absolute Gasteiger partial charge is 0.162 e. The molecule has 160 valence electrons. The van der Waals surface area contributed by atoms with Crippen LogP contribution in [0.25, 0.3) is 0 Å². The predicted octanol–water partition coefficient (Wildman–Crippen LogP) is 7.02. The van der Waals surface area contributed by atoms with Crippen LogP contribution < -0.4 is 14.8 Å². The van der Waals surface area contributed by atoms with Crippen molar-refractivity contribution in [1.29, 1.82) is 0 Å². The molecule has 2 aromatic rings. The van der Waals surface area contributed by atoms with Crippen LogP contribution in [-0.4, -0.2) is 13.2 Å². The van der Waals surface area contributed by atoms with E-state index >= 15 is 0 Å². The van der Waals surface area contributed by atoms with Gasteiger partial charge in [0, 0.05) is 11.0 Å². The fourth-order valence-corrected chi connectivity index (χ4v) is 3.55. The van der Waals surface area contributed by atoms with E-state index in [1.807, 2.05) is 19.1 Å². The van der Waals surface area contributed by atoms with Gasteiger partial charge in [0.05, 0.1) is 6.61 Å². The zero-order chi connectivity index (χ0) is 20.9. The summed E-state index contributed by atoms with van der Waals surface area (Å²) in [6.45, 7) is 6.94. The highest BCUT2D eigenvalue weighted by atomic mass is 79.9. The van der Waals surface area contributed by atoms with E-state index in [2.05, 4.69) is 28.2 Å². The van der Waals surface area contributed by atoms with Crippen molar-refractivity contribution in [3.8, 4) is 11.5 Å². The maximum atomic E-state index is 13.1. The van der Waals surface area contributed by atoms with Gasteiger partial charge in [-0.05, 0) is 55.3 Å². The molecule has 0 amide bonds. The second-order valence-electron chi connectivity index (χ2n) is 7.18. The monoisotopic (exact) mass is 465 g/mol. The van der Waals surface area contributed by atoms with Crippen LogP contribution in [0.2, 0.25) is 0 Å². The van der Waals surface area contributed by atoms with Gasteiger partial charge in [0.2, 0.25) is 0 Å². The van der Waals surface area contributed by atoms with Crippen molar-refractivity contribution in [2.75, 3.05) is 13.2 Å². The first-order valence-electron chi connectivity index (χ1n) is 10.7. The Balaban J connectivity index is 1.88. The lowest BCUT2D eigenvalue weighted by atomic mass is 10.1. The van der Waals surface area contributed by atoms with Crippen molar-refractivity contribution in [1.82, 2.24) is 5.32 Å². The highest BCUT2D eigenvalue weighted by Gasteiger charge is 2.11. The molecule has 0 aliphatic rings. The molecule has 0 radical (unpaired) electrons. The molecule has 0 aliphatic carbocycles. The van der Waals surface area contributed by atoms with Gasteiger partial charge in [-0.25, -0.2) is 4.39 Å². The molecule has 0 bridgehead atoms. The fraction of sp³-hybridized carbons (Fsp3) is 0.500. The number of nitrogens with one attached hydrogen (secondary N) is 1. The summed E-state index contributed by atoms with van der Waals surface area (Å²) in [6, 6.07) is 10.3. The third-order valence-corrected chi connectivity index (χ3v) is 5.48. The molecule has 0 aliphatic heterocycles. The minimum absolute atomic E-state index is 0.246. The number of halogens is 2. The first-order chi connectivity index (χ1) is 14.1. The summed E-state index contributed by atoms with van der Waals surface area (Å²) in [4.78, 5) is 0. The predicted molar refractivity (Wildman–Crippen MR) is 121 cm³/mol. The molecule has 0 fully saturated rings. The molecule has 1 N–H and O–H groups in total. The Kier molecular flexibility index (Phi) is 11.1. The number of unbranched alkanes of at least 4 members (excludes halogenated alkanes) is 5. The number of hydrogen-bond donors (Lipinski definition) is 1. The fourth-order valence-electron chi connectivity index (χ4n) is 3.09. The molecule has 0 heterocycles. The second-order valence-corrected chi connectivity index (χ2v) is 8.04. The summed E-state index contributed by atoms with van der Waals surface area (Å²) in [5, 5.41) is 3.52. The first-order valence-corrected chi connectivity index (χ1v) is 11.5. The Morgan fingerprint density at radius 1 is 0.897 bits per heavy atom. The van der Waals surface area contributed by atoms with Crippen molar-refractivity contribution >= 4 is 15.9 Å². The maximum Gasteiger partial charge on any atom is 0.162 e. The maximum absolute atomic E-state index is 13.1. The van der Waals surface area contributed by atoms with Crippen molar-refractivity contribution in [3.63, 3.8) is 0 Å². The number of benzene rings is 2. The summed E-state index contributed by atoms with van der Waals surface area (Å²) >= 11 is 3.65. The van der Waals surface area contributed by atoms with E-state index < -0.39 is 0 Å². The summed E-state index contributed by atoms with van der Waals surface area (Å²) in [5.41, 5.74) is 2.06. The van der Waals surface area contributed by atoms with E-state index in [1.54, 1.807) is 12.1 Å². The van der Waals surface area contributed by atoms with Gasteiger partial charge in [-0.3, -0.25) is 0 Å². The Morgan fingerprint density at radius 3 is 2.31 bits per heavy atom. The topological polar surface area (TPSA) is 30.5 Å². The number of ether oxygens (including phenoxy) is 2. The molecule has 0 saturated heterocycles. The van der Waals surface area contributed by atoms with Crippen LogP contribution in [-0.2, 0) is 13.2 Å². The number of rotatable bonds is 14. The van der Waals surface area contributed by atoms with Crippen LogP contribution in [0.4, 0.5) is 4.39 Å². The van der Waals surface area contributed by atoms with Crippen molar-refractivity contribution in [2.45, 2.75) is 65.5 Å². The molecule has 0 aromatic heterocycles. The highest BCUT2D eigenvalue weighted by Crippen LogP contribution is 2.34. The summed E-state index contributed by atoms with van der Waals surface area (Å²) in [6.07, 6.45) is 7.80. The van der Waals surface area contributed by atoms with E-state index in [1.165, 1.54) is 50.7 Å². The Morgan fingerprint density at radius 2 is 1.59 bits per heavy atom. The van der Waals surface area contributed by atoms with Crippen LogP contribution in [0.15, 0.2) is 40.9 Å². The zero-order valence-corrected chi connectivity index (χ0v) is 19.2. The standard InChI is InChI=1S/C24H33BrFNO2/c1-3-5-6-7-8-9-14-27-17-20-15-23(28-4-2)24(16-22(20)25)29-18-19-10-12-21(26)13-11-19/h10-13,15-16,27H,3-9,14,17-18H2,1-2H3. The molecular weight excluding hydrogens is 433 g/mol. The lowest BCUT2D eigenvalue weighted by Gasteiger charge is -2.15. The quantitative estimate of drug-likeness (QED) is 0.304. The van der Waals surface area contributed by atoms with Gasteiger partial charge in [0.15, 0.2) is 11.5 Å². The van der Waals surface area contributed by atoms with Crippen molar-refractivity contribution < 1.29 is 13.9 Å². The van der Waals surface area contributed by atoms with Crippen LogP contribution in [0.1, 0.15) is 63.5 Å². The third kappa shape index (κ3) is 8.75. The molecule has 0 atom stereocenters. The van der Waals surface area contributed by atoms with Crippen LogP contribution in [0, 0.1) is 5.82 Å². The summed E-state index contributed by atoms with van der Waals surface area (Å²) in [5.74, 6) is 1.17. The molecule has 5 heteroatoms. The molecule has 2 aromatic carbocycles. The molecule has 0 unspecified atom stereocenters. The van der Waals surface area contributed by atoms with Gasteiger partial charge in [-0.2, -0.15) is 0 Å². The lowest BCUT2D eigenvalue weighted by Crippen LogP contribution is -2.15.